The highest BCUT2D eigenvalue weighted by molar-refractivity contribution is 9.10. The Morgan fingerprint density at radius 2 is 1.93 bits per heavy atom. The summed E-state index contributed by atoms with van der Waals surface area (Å²) in [5, 5.41) is 9.71. The van der Waals surface area contributed by atoms with Gasteiger partial charge in [-0.1, -0.05) is 28.1 Å². The molecule has 1 aromatic rings. The zero-order chi connectivity index (χ0) is 10.6. The van der Waals surface area contributed by atoms with E-state index in [2.05, 4.69) is 21.7 Å². The topological polar surface area (TPSA) is 20.2 Å². The van der Waals surface area contributed by atoms with E-state index in [9.17, 15) is 5.11 Å². The van der Waals surface area contributed by atoms with Crippen LogP contribution in [0.3, 0.4) is 0 Å². The number of aliphatic hydroxyl groups is 1. The third-order valence-electron chi connectivity index (χ3n) is 1.74. The van der Waals surface area contributed by atoms with E-state index in [1.54, 1.807) is 6.08 Å². The SMILES string of the molecule is CC(C)=C=CC(O)c1ccc(Br)cc1. The molecule has 0 saturated heterocycles. The zero-order valence-corrected chi connectivity index (χ0v) is 9.88. The summed E-state index contributed by atoms with van der Waals surface area (Å²) >= 11 is 3.35. The van der Waals surface area contributed by atoms with Gasteiger partial charge in [-0.25, -0.2) is 0 Å². The van der Waals surface area contributed by atoms with Gasteiger partial charge in [-0.05, 0) is 43.2 Å². The molecule has 0 amide bonds. The highest BCUT2D eigenvalue weighted by Crippen LogP contribution is 2.17. The summed E-state index contributed by atoms with van der Waals surface area (Å²) in [5.41, 5.74) is 4.92. The van der Waals surface area contributed by atoms with E-state index in [1.165, 1.54) is 0 Å². The molecule has 1 rings (SSSR count). The number of rotatable bonds is 2. The number of hydrogen-bond acceptors (Lipinski definition) is 1. The molecule has 2 heteroatoms. The fourth-order valence-electron chi connectivity index (χ4n) is 1.00. The van der Waals surface area contributed by atoms with Gasteiger partial charge in [0.2, 0.25) is 0 Å². The fraction of sp³-hybridized carbons (Fsp3) is 0.250. The molecule has 0 aliphatic rings. The maximum atomic E-state index is 9.71. The van der Waals surface area contributed by atoms with E-state index >= 15 is 0 Å². The molecule has 0 aliphatic carbocycles. The quantitative estimate of drug-likeness (QED) is 0.798. The minimum atomic E-state index is -0.571. The smallest absolute Gasteiger partial charge is 0.104 e. The van der Waals surface area contributed by atoms with Crippen molar-refractivity contribution in [2.45, 2.75) is 20.0 Å². The van der Waals surface area contributed by atoms with Crippen LogP contribution in [-0.4, -0.2) is 5.11 Å². The van der Waals surface area contributed by atoms with Crippen molar-refractivity contribution in [2.24, 2.45) is 0 Å². The molecule has 1 N–H and O–H groups in total. The predicted octanol–water partition coefficient (Wildman–Crippen LogP) is 3.60. The third kappa shape index (κ3) is 3.51. The Balaban J connectivity index is 2.85. The first-order valence-electron chi connectivity index (χ1n) is 4.43. The lowest BCUT2D eigenvalue weighted by molar-refractivity contribution is 0.229. The van der Waals surface area contributed by atoms with Crippen LogP contribution in [-0.2, 0) is 0 Å². The molecule has 74 valence electrons. The summed E-state index contributed by atoms with van der Waals surface area (Å²) in [6.07, 6.45) is 1.09. The van der Waals surface area contributed by atoms with Crippen molar-refractivity contribution in [1.29, 1.82) is 0 Å². The van der Waals surface area contributed by atoms with Gasteiger partial charge in [0.25, 0.3) is 0 Å². The molecule has 0 radical (unpaired) electrons. The average molecular weight is 253 g/mol. The van der Waals surface area contributed by atoms with E-state index in [1.807, 2.05) is 38.1 Å². The summed E-state index contributed by atoms with van der Waals surface area (Å²) in [6, 6.07) is 7.60. The van der Waals surface area contributed by atoms with Crippen LogP contribution in [0, 0.1) is 0 Å². The minimum Gasteiger partial charge on any atom is -0.384 e. The van der Waals surface area contributed by atoms with Gasteiger partial charge in [0.15, 0.2) is 0 Å². The van der Waals surface area contributed by atoms with Gasteiger partial charge in [0.05, 0.1) is 0 Å². The third-order valence-corrected chi connectivity index (χ3v) is 2.27. The van der Waals surface area contributed by atoms with Crippen molar-refractivity contribution in [3.8, 4) is 0 Å². The van der Waals surface area contributed by atoms with Crippen molar-refractivity contribution in [1.82, 2.24) is 0 Å². The molecule has 1 atom stereocenters. The molecular weight excluding hydrogens is 240 g/mol. The summed E-state index contributed by atoms with van der Waals surface area (Å²) in [7, 11) is 0. The molecular formula is C12H13BrO. The minimum absolute atomic E-state index is 0.571. The van der Waals surface area contributed by atoms with Crippen LogP contribution in [0.1, 0.15) is 25.5 Å². The monoisotopic (exact) mass is 252 g/mol. The molecule has 0 aliphatic heterocycles. The number of hydrogen-bond donors (Lipinski definition) is 1. The first-order valence-corrected chi connectivity index (χ1v) is 5.22. The Kier molecular flexibility index (Phi) is 4.15. The second-order valence-corrected chi connectivity index (χ2v) is 4.22. The van der Waals surface area contributed by atoms with Crippen molar-refractivity contribution < 1.29 is 5.11 Å². The van der Waals surface area contributed by atoms with E-state index < -0.39 is 6.10 Å². The summed E-state index contributed by atoms with van der Waals surface area (Å²) in [5.74, 6) is 0. The lowest BCUT2D eigenvalue weighted by Crippen LogP contribution is -1.91. The highest BCUT2D eigenvalue weighted by atomic mass is 79.9. The molecule has 0 aromatic heterocycles. The molecule has 0 fully saturated rings. The van der Waals surface area contributed by atoms with Crippen LogP contribution in [0.5, 0.6) is 0 Å². The Hall–Kier alpha value is -0.820. The first-order chi connectivity index (χ1) is 6.59. The average Bonchev–Trinajstić information content (AvgIpc) is 2.15. The second-order valence-electron chi connectivity index (χ2n) is 3.31. The second kappa shape index (κ2) is 5.16. The lowest BCUT2D eigenvalue weighted by atomic mass is 10.1. The van der Waals surface area contributed by atoms with Crippen LogP contribution in [0.4, 0.5) is 0 Å². The molecule has 0 bridgehead atoms. The molecule has 0 saturated carbocycles. The predicted molar refractivity (Wildman–Crippen MR) is 62.0 cm³/mol. The molecule has 0 heterocycles. The van der Waals surface area contributed by atoms with E-state index in [4.69, 9.17) is 0 Å². The van der Waals surface area contributed by atoms with Gasteiger partial charge in [0, 0.05) is 4.47 Å². The van der Waals surface area contributed by atoms with Crippen molar-refractivity contribution in [2.75, 3.05) is 0 Å². The van der Waals surface area contributed by atoms with E-state index in [-0.39, 0.29) is 0 Å². The van der Waals surface area contributed by atoms with Gasteiger partial charge in [-0.3, -0.25) is 0 Å². The summed E-state index contributed by atoms with van der Waals surface area (Å²) < 4.78 is 1.01. The lowest BCUT2D eigenvalue weighted by Gasteiger charge is -2.04. The number of aliphatic hydroxyl groups excluding tert-OH is 1. The van der Waals surface area contributed by atoms with Gasteiger partial charge in [0.1, 0.15) is 6.10 Å². The number of halogens is 1. The van der Waals surface area contributed by atoms with Crippen LogP contribution in [0.25, 0.3) is 0 Å². The summed E-state index contributed by atoms with van der Waals surface area (Å²) in [4.78, 5) is 0. The van der Waals surface area contributed by atoms with Crippen molar-refractivity contribution in [3.63, 3.8) is 0 Å². The van der Waals surface area contributed by atoms with Gasteiger partial charge < -0.3 is 5.11 Å². The number of benzene rings is 1. The van der Waals surface area contributed by atoms with E-state index in [0.717, 1.165) is 15.6 Å². The van der Waals surface area contributed by atoms with Crippen LogP contribution in [0.2, 0.25) is 0 Å². The van der Waals surface area contributed by atoms with Crippen molar-refractivity contribution in [3.05, 3.63) is 51.7 Å². The normalized spacial score (nSPS) is 11.7. The fourth-order valence-corrected chi connectivity index (χ4v) is 1.27. The highest BCUT2D eigenvalue weighted by Gasteiger charge is 2.01. The Bertz CT molecular complexity index is 354. The molecule has 1 nitrogen and oxygen atoms in total. The van der Waals surface area contributed by atoms with Crippen LogP contribution >= 0.6 is 15.9 Å². The summed E-state index contributed by atoms with van der Waals surface area (Å²) in [6.45, 7) is 3.90. The van der Waals surface area contributed by atoms with Gasteiger partial charge in [-0.2, -0.15) is 0 Å². The molecule has 0 spiro atoms. The standard InChI is InChI=1S/C12H13BrO/c1-9(2)3-8-12(14)10-4-6-11(13)7-5-10/h4-8,12,14H,1-2H3. The van der Waals surface area contributed by atoms with Crippen LogP contribution < -0.4 is 0 Å². The van der Waals surface area contributed by atoms with E-state index in [0.29, 0.717) is 0 Å². The maximum absolute atomic E-state index is 9.71. The molecule has 1 unspecified atom stereocenters. The van der Waals surface area contributed by atoms with Gasteiger partial charge in [-0.15, -0.1) is 5.73 Å². The van der Waals surface area contributed by atoms with Crippen molar-refractivity contribution >= 4 is 15.9 Å². The zero-order valence-electron chi connectivity index (χ0n) is 8.29. The van der Waals surface area contributed by atoms with Crippen LogP contribution in [0.15, 0.2) is 46.1 Å². The Morgan fingerprint density at radius 1 is 1.36 bits per heavy atom. The van der Waals surface area contributed by atoms with Gasteiger partial charge >= 0.3 is 0 Å². The molecule has 14 heavy (non-hydrogen) atoms. The maximum Gasteiger partial charge on any atom is 0.104 e. The largest absolute Gasteiger partial charge is 0.384 e. The molecule has 1 aromatic carbocycles. The first kappa shape index (κ1) is 11.3. The Labute approximate surface area is 92.9 Å². The Morgan fingerprint density at radius 3 is 2.43 bits per heavy atom.